The zero-order valence-corrected chi connectivity index (χ0v) is 9.54. The molecule has 90 valence electrons. The second-order valence-corrected chi connectivity index (χ2v) is 3.74. The Labute approximate surface area is 97.0 Å². The van der Waals surface area contributed by atoms with Crippen molar-refractivity contribution in [2.75, 3.05) is 5.73 Å². The van der Waals surface area contributed by atoms with Crippen LogP contribution in [0.25, 0.3) is 5.69 Å². The van der Waals surface area contributed by atoms with E-state index >= 15 is 0 Å². The normalized spacial score (nSPS) is 10.8. The molecule has 0 radical (unpaired) electrons. The van der Waals surface area contributed by atoms with Gasteiger partial charge in [0.1, 0.15) is 17.3 Å². The number of halogens is 2. The van der Waals surface area contributed by atoms with E-state index in [1.807, 2.05) is 6.92 Å². The van der Waals surface area contributed by atoms with Crippen molar-refractivity contribution in [3.8, 4) is 5.69 Å². The average Bonchev–Trinajstić information content (AvgIpc) is 2.64. The van der Waals surface area contributed by atoms with Gasteiger partial charge in [0.05, 0.1) is 5.69 Å². The lowest BCUT2D eigenvalue weighted by atomic mass is 10.2. The molecule has 2 rings (SSSR count). The average molecular weight is 238 g/mol. The van der Waals surface area contributed by atoms with E-state index in [0.717, 1.165) is 12.1 Å². The molecule has 6 heteroatoms. The van der Waals surface area contributed by atoms with Crippen molar-refractivity contribution in [2.45, 2.75) is 20.3 Å². The number of aryl methyl sites for hydroxylation is 1. The Kier molecular flexibility index (Phi) is 2.79. The Balaban J connectivity index is 2.64. The number of hydrogen-bond acceptors (Lipinski definition) is 3. The summed E-state index contributed by atoms with van der Waals surface area (Å²) in [6.07, 6.45) is 0.535. The first-order chi connectivity index (χ1) is 8.04. The molecule has 1 heterocycles. The van der Waals surface area contributed by atoms with Crippen LogP contribution in [0, 0.1) is 18.6 Å². The Bertz CT molecular complexity index is 563. The number of aromatic nitrogens is 3. The van der Waals surface area contributed by atoms with E-state index in [-0.39, 0.29) is 17.1 Å². The third-order valence-electron chi connectivity index (χ3n) is 2.58. The third-order valence-corrected chi connectivity index (χ3v) is 2.58. The molecule has 0 saturated carbocycles. The number of rotatable bonds is 2. The van der Waals surface area contributed by atoms with Crippen molar-refractivity contribution in [3.05, 3.63) is 35.0 Å². The molecule has 0 aliphatic rings. The maximum atomic E-state index is 13.7. The van der Waals surface area contributed by atoms with Crippen LogP contribution in [-0.2, 0) is 6.42 Å². The highest BCUT2D eigenvalue weighted by Crippen LogP contribution is 2.21. The lowest BCUT2D eigenvalue weighted by Crippen LogP contribution is -2.06. The fourth-order valence-electron chi connectivity index (χ4n) is 1.64. The maximum Gasteiger partial charge on any atom is 0.169 e. The first kappa shape index (κ1) is 11.5. The van der Waals surface area contributed by atoms with Crippen LogP contribution >= 0.6 is 0 Å². The van der Waals surface area contributed by atoms with Crippen LogP contribution in [0.15, 0.2) is 12.1 Å². The highest BCUT2D eigenvalue weighted by molar-refractivity contribution is 5.43. The quantitative estimate of drug-likeness (QED) is 0.870. The number of anilines is 1. The Morgan fingerprint density at radius 1 is 1.29 bits per heavy atom. The smallest absolute Gasteiger partial charge is 0.169 e. The van der Waals surface area contributed by atoms with Crippen LogP contribution in [0.1, 0.15) is 18.2 Å². The molecule has 1 aromatic carbocycles. The minimum atomic E-state index is -0.552. The monoisotopic (exact) mass is 238 g/mol. The number of nitrogen functional groups attached to an aromatic ring is 1. The van der Waals surface area contributed by atoms with Gasteiger partial charge >= 0.3 is 0 Å². The second-order valence-electron chi connectivity index (χ2n) is 3.74. The lowest BCUT2D eigenvalue weighted by molar-refractivity contribution is 0.575. The SMILES string of the molecule is CCc1c(N)nnn1-c1cc(F)c(C)cc1F. The molecule has 0 unspecified atom stereocenters. The highest BCUT2D eigenvalue weighted by atomic mass is 19.1. The van der Waals surface area contributed by atoms with Crippen LogP contribution in [0.2, 0.25) is 0 Å². The topological polar surface area (TPSA) is 56.7 Å². The number of benzene rings is 1. The van der Waals surface area contributed by atoms with Gasteiger partial charge in [-0.3, -0.25) is 0 Å². The molecule has 0 spiro atoms. The molecule has 0 aliphatic heterocycles. The van der Waals surface area contributed by atoms with Crippen molar-refractivity contribution in [3.63, 3.8) is 0 Å². The zero-order chi connectivity index (χ0) is 12.6. The third kappa shape index (κ3) is 1.86. The first-order valence-electron chi connectivity index (χ1n) is 5.20. The van der Waals surface area contributed by atoms with Gasteiger partial charge < -0.3 is 5.73 Å². The molecule has 0 aliphatic carbocycles. The van der Waals surface area contributed by atoms with E-state index in [0.29, 0.717) is 12.1 Å². The first-order valence-corrected chi connectivity index (χ1v) is 5.20. The van der Waals surface area contributed by atoms with Gasteiger partial charge in [0, 0.05) is 6.07 Å². The summed E-state index contributed by atoms with van der Waals surface area (Å²) >= 11 is 0. The number of nitrogens with zero attached hydrogens (tertiary/aromatic N) is 3. The summed E-state index contributed by atoms with van der Waals surface area (Å²) < 4.78 is 28.4. The molecule has 17 heavy (non-hydrogen) atoms. The summed E-state index contributed by atoms with van der Waals surface area (Å²) in [6.45, 7) is 3.34. The fraction of sp³-hybridized carbons (Fsp3) is 0.273. The minimum absolute atomic E-state index is 0.0224. The summed E-state index contributed by atoms with van der Waals surface area (Å²) in [6, 6.07) is 2.22. The molecular weight excluding hydrogens is 226 g/mol. The summed E-state index contributed by atoms with van der Waals surface area (Å²) in [4.78, 5) is 0. The molecule has 2 N–H and O–H groups in total. The van der Waals surface area contributed by atoms with Gasteiger partial charge in [-0.25, -0.2) is 13.5 Å². The van der Waals surface area contributed by atoms with Crippen LogP contribution in [0.3, 0.4) is 0 Å². The largest absolute Gasteiger partial charge is 0.381 e. The number of hydrogen-bond donors (Lipinski definition) is 1. The van der Waals surface area contributed by atoms with Gasteiger partial charge in [-0.1, -0.05) is 12.1 Å². The van der Waals surface area contributed by atoms with Crippen LogP contribution in [0.4, 0.5) is 14.6 Å². The molecular formula is C11H12F2N4. The molecule has 2 aromatic rings. The van der Waals surface area contributed by atoms with E-state index < -0.39 is 11.6 Å². The van der Waals surface area contributed by atoms with Crippen molar-refractivity contribution < 1.29 is 8.78 Å². The van der Waals surface area contributed by atoms with Crippen molar-refractivity contribution in [1.82, 2.24) is 15.0 Å². The van der Waals surface area contributed by atoms with Gasteiger partial charge in [-0.15, -0.1) is 5.10 Å². The van der Waals surface area contributed by atoms with Crippen LogP contribution in [-0.4, -0.2) is 15.0 Å². The molecule has 0 fully saturated rings. The predicted molar refractivity (Wildman–Crippen MR) is 59.8 cm³/mol. The second kappa shape index (κ2) is 4.12. The molecule has 0 bridgehead atoms. The highest BCUT2D eigenvalue weighted by Gasteiger charge is 2.15. The molecule has 0 amide bonds. The van der Waals surface area contributed by atoms with Gasteiger partial charge in [0.25, 0.3) is 0 Å². The van der Waals surface area contributed by atoms with Crippen LogP contribution < -0.4 is 5.73 Å². The number of nitrogens with two attached hydrogens (primary N) is 1. The summed E-state index contributed by atoms with van der Waals surface area (Å²) in [5.41, 5.74) is 6.43. The predicted octanol–water partition coefficient (Wildman–Crippen LogP) is 2.00. The van der Waals surface area contributed by atoms with Gasteiger partial charge in [0.2, 0.25) is 0 Å². The standard InChI is InChI=1S/C11H12F2N4/c1-3-9-11(14)15-16-17(9)10-5-7(12)6(2)4-8(10)13/h4-5H,3,14H2,1-2H3. The lowest BCUT2D eigenvalue weighted by Gasteiger charge is -2.07. The minimum Gasteiger partial charge on any atom is -0.381 e. The van der Waals surface area contributed by atoms with Gasteiger partial charge in [-0.2, -0.15) is 0 Å². The van der Waals surface area contributed by atoms with E-state index in [9.17, 15) is 8.78 Å². The van der Waals surface area contributed by atoms with E-state index in [4.69, 9.17) is 5.73 Å². The maximum absolute atomic E-state index is 13.7. The van der Waals surface area contributed by atoms with Crippen molar-refractivity contribution in [1.29, 1.82) is 0 Å². The van der Waals surface area contributed by atoms with Gasteiger partial charge in [0.15, 0.2) is 5.82 Å². The fourth-order valence-corrected chi connectivity index (χ4v) is 1.64. The van der Waals surface area contributed by atoms with Gasteiger partial charge in [-0.05, 0) is 25.0 Å². The Morgan fingerprint density at radius 3 is 2.65 bits per heavy atom. The van der Waals surface area contributed by atoms with E-state index in [1.54, 1.807) is 0 Å². The Morgan fingerprint density at radius 2 is 2.00 bits per heavy atom. The molecule has 0 saturated heterocycles. The van der Waals surface area contributed by atoms with Crippen LogP contribution in [0.5, 0.6) is 0 Å². The Hall–Kier alpha value is -1.98. The van der Waals surface area contributed by atoms with Crippen molar-refractivity contribution >= 4 is 5.82 Å². The summed E-state index contributed by atoms with van der Waals surface area (Å²) in [7, 11) is 0. The zero-order valence-electron chi connectivity index (χ0n) is 9.54. The molecule has 1 aromatic heterocycles. The summed E-state index contributed by atoms with van der Waals surface area (Å²) in [5.74, 6) is -0.811. The summed E-state index contributed by atoms with van der Waals surface area (Å²) in [5, 5.41) is 7.38. The van der Waals surface area contributed by atoms with E-state index in [2.05, 4.69) is 10.3 Å². The van der Waals surface area contributed by atoms with Crippen molar-refractivity contribution in [2.24, 2.45) is 0 Å². The molecule has 0 atom stereocenters. The molecule has 4 nitrogen and oxygen atoms in total. The van der Waals surface area contributed by atoms with E-state index in [1.165, 1.54) is 11.6 Å².